The molecule has 2 aromatic rings. The SMILES string of the molecule is Cc1ccc(S(N)(=O)=O)c(S(=O)(=O)c2ccc(N)cc2C(F)(F)F)c1. The maximum atomic E-state index is 13.2. The van der Waals surface area contributed by atoms with E-state index in [1.807, 2.05) is 0 Å². The number of sulfone groups is 1. The molecule has 2 aromatic carbocycles. The van der Waals surface area contributed by atoms with E-state index in [1.165, 1.54) is 13.0 Å². The molecule has 6 nitrogen and oxygen atoms in total. The monoisotopic (exact) mass is 394 g/mol. The van der Waals surface area contributed by atoms with E-state index in [1.54, 1.807) is 0 Å². The Hall–Kier alpha value is -2.11. The van der Waals surface area contributed by atoms with E-state index < -0.39 is 46.3 Å². The average molecular weight is 394 g/mol. The van der Waals surface area contributed by atoms with Gasteiger partial charge in [0.15, 0.2) is 0 Å². The van der Waals surface area contributed by atoms with Gasteiger partial charge in [-0.15, -0.1) is 0 Å². The number of hydrogen-bond acceptors (Lipinski definition) is 5. The molecular weight excluding hydrogens is 381 g/mol. The molecule has 0 heterocycles. The number of nitrogen functional groups attached to an aromatic ring is 1. The van der Waals surface area contributed by atoms with Gasteiger partial charge < -0.3 is 5.73 Å². The average Bonchev–Trinajstić information content (AvgIpc) is 2.44. The Morgan fingerprint density at radius 2 is 1.44 bits per heavy atom. The molecule has 11 heteroatoms. The third kappa shape index (κ3) is 3.78. The normalized spacial score (nSPS) is 13.0. The summed E-state index contributed by atoms with van der Waals surface area (Å²) in [5.41, 5.74) is 3.87. The Bertz CT molecular complexity index is 1050. The molecule has 0 aliphatic heterocycles. The van der Waals surface area contributed by atoms with Gasteiger partial charge in [0.25, 0.3) is 0 Å². The van der Waals surface area contributed by atoms with Gasteiger partial charge in [-0.25, -0.2) is 22.0 Å². The fourth-order valence-electron chi connectivity index (χ4n) is 2.18. The number of alkyl halides is 3. The van der Waals surface area contributed by atoms with Crippen molar-refractivity contribution in [3.05, 3.63) is 47.5 Å². The van der Waals surface area contributed by atoms with E-state index >= 15 is 0 Å². The highest BCUT2D eigenvalue weighted by Gasteiger charge is 2.39. The van der Waals surface area contributed by atoms with Crippen molar-refractivity contribution < 1.29 is 30.0 Å². The highest BCUT2D eigenvalue weighted by atomic mass is 32.2. The molecule has 0 spiro atoms. The summed E-state index contributed by atoms with van der Waals surface area (Å²) in [7, 11) is -9.32. The van der Waals surface area contributed by atoms with Crippen LogP contribution in [0.5, 0.6) is 0 Å². The minimum atomic E-state index is -5.01. The Kier molecular flexibility index (Phi) is 4.61. The van der Waals surface area contributed by atoms with Crippen LogP contribution in [-0.2, 0) is 26.0 Å². The van der Waals surface area contributed by atoms with Crippen LogP contribution < -0.4 is 10.9 Å². The van der Waals surface area contributed by atoms with Gasteiger partial charge in [-0.05, 0) is 42.8 Å². The maximum absolute atomic E-state index is 13.2. The van der Waals surface area contributed by atoms with Gasteiger partial charge in [0, 0.05) is 5.69 Å². The lowest BCUT2D eigenvalue weighted by molar-refractivity contribution is -0.139. The molecule has 0 aromatic heterocycles. The third-order valence-corrected chi connectivity index (χ3v) is 6.24. The summed E-state index contributed by atoms with van der Waals surface area (Å²) in [5, 5.41) is 5.00. The molecule has 0 fully saturated rings. The van der Waals surface area contributed by atoms with Crippen LogP contribution in [0.3, 0.4) is 0 Å². The van der Waals surface area contributed by atoms with Crippen molar-refractivity contribution in [2.75, 3.05) is 5.73 Å². The predicted octanol–water partition coefficient (Wildman–Crippen LogP) is 2.08. The zero-order valence-electron chi connectivity index (χ0n) is 12.7. The molecule has 0 radical (unpaired) electrons. The largest absolute Gasteiger partial charge is 0.417 e. The molecule has 0 atom stereocenters. The molecule has 0 bridgehead atoms. The fraction of sp³-hybridized carbons (Fsp3) is 0.143. The lowest BCUT2D eigenvalue weighted by atomic mass is 10.2. The lowest BCUT2D eigenvalue weighted by Crippen LogP contribution is -2.19. The summed E-state index contributed by atoms with van der Waals surface area (Å²) in [6.07, 6.45) is -5.01. The number of aryl methyl sites for hydroxylation is 1. The van der Waals surface area contributed by atoms with Crippen LogP contribution in [0.15, 0.2) is 51.1 Å². The van der Waals surface area contributed by atoms with Crippen molar-refractivity contribution in [3.8, 4) is 0 Å². The van der Waals surface area contributed by atoms with Crippen molar-refractivity contribution in [3.63, 3.8) is 0 Å². The first-order valence-electron chi connectivity index (χ1n) is 6.60. The second kappa shape index (κ2) is 6.00. The predicted molar refractivity (Wildman–Crippen MR) is 83.9 cm³/mol. The van der Waals surface area contributed by atoms with Crippen LogP contribution in [-0.4, -0.2) is 16.8 Å². The molecule has 0 aliphatic rings. The molecule has 25 heavy (non-hydrogen) atoms. The van der Waals surface area contributed by atoms with Crippen molar-refractivity contribution in [1.29, 1.82) is 0 Å². The topological polar surface area (TPSA) is 120 Å². The number of anilines is 1. The first kappa shape index (κ1) is 19.2. The fourth-order valence-corrected chi connectivity index (χ4v) is 5.08. The number of halogens is 3. The van der Waals surface area contributed by atoms with Gasteiger partial charge in [-0.3, -0.25) is 0 Å². The van der Waals surface area contributed by atoms with Gasteiger partial charge >= 0.3 is 6.18 Å². The third-order valence-electron chi connectivity index (χ3n) is 3.29. The van der Waals surface area contributed by atoms with Gasteiger partial charge in [0.05, 0.1) is 15.4 Å². The highest BCUT2D eigenvalue weighted by Crippen LogP contribution is 2.38. The van der Waals surface area contributed by atoms with Crippen molar-refractivity contribution in [2.24, 2.45) is 5.14 Å². The van der Waals surface area contributed by atoms with Crippen molar-refractivity contribution in [1.82, 2.24) is 0 Å². The van der Waals surface area contributed by atoms with E-state index in [9.17, 15) is 30.0 Å². The Morgan fingerprint density at radius 1 is 0.880 bits per heavy atom. The first-order valence-corrected chi connectivity index (χ1v) is 9.63. The van der Waals surface area contributed by atoms with Crippen LogP contribution in [0.2, 0.25) is 0 Å². The number of nitrogens with two attached hydrogens (primary N) is 2. The zero-order chi connectivity index (χ0) is 19.2. The summed E-state index contributed by atoms with van der Waals surface area (Å²) < 4.78 is 88.5. The molecule has 0 saturated carbocycles. The van der Waals surface area contributed by atoms with Gasteiger partial charge in [-0.2, -0.15) is 13.2 Å². The quantitative estimate of drug-likeness (QED) is 0.772. The zero-order valence-corrected chi connectivity index (χ0v) is 14.3. The van der Waals surface area contributed by atoms with E-state index in [4.69, 9.17) is 10.9 Å². The molecule has 2 rings (SSSR count). The van der Waals surface area contributed by atoms with E-state index in [0.717, 1.165) is 18.2 Å². The van der Waals surface area contributed by atoms with Gasteiger partial charge in [-0.1, -0.05) is 6.07 Å². The number of benzene rings is 2. The summed E-state index contributed by atoms with van der Waals surface area (Å²) in [4.78, 5) is -2.72. The molecule has 0 unspecified atom stereocenters. The van der Waals surface area contributed by atoms with Crippen LogP contribution in [0.1, 0.15) is 11.1 Å². The molecule has 136 valence electrons. The van der Waals surface area contributed by atoms with Crippen LogP contribution >= 0.6 is 0 Å². The molecule has 0 aliphatic carbocycles. The molecule has 0 saturated heterocycles. The molecule has 4 N–H and O–H groups in total. The van der Waals surface area contributed by atoms with Gasteiger partial charge in [0.1, 0.15) is 4.90 Å². The number of rotatable bonds is 3. The second-order valence-corrected chi connectivity index (χ2v) is 8.67. The number of primary sulfonamides is 1. The standard InChI is InChI=1S/C14H13F3N2O4S2/c1-8-2-4-12(25(19,22)23)13(6-8)24(20,21)11-5-3-9(18)7-10(11)14(15,16)17/h2-7H,18H2,1H3,(H2,19,22,23). The summed E-state index contributed by atoms with van der Waals surface area (Å²) in [6, 6.07) is 5.30. The van der Waals surface area contributed by atoms with E-state index in [2.05, 4.69) is 0 Å². The Balaban J connectivity index is 2.90. The van der Waals surface area contributed by atoms with Crippen LogP contribution in [0.25, 0.3) is 0 Å². The van der Waals surface area contributed by atoms with Crippen LogP contribution in [0, 0.1) is 6.92 Å². The lowest BCUT2D eigenvalue weighted by Gasteiger charge is -2.16. The first-order chi connectivity index (χ1) is 11.2. The number of sulfonamides is 1. The summed E-state index contributed by atoms with van der Waals surface area (Å²) >= 11 is 0. The molecule has 0 amide bonds. The maximum Gasteiger partial charge on any atom is 0.417 e. The summed E-state index contributed by atoms with van der Waals surface area (Å²) in [6.45, 7) is 1.46. The molecular formula is C14H13F3N2O4S2. The Labute approximate surface area is 142 Å². The smallest absolute Gasteiger partial charge is 0.399 e. The summed E-state index contributed by atoms with van der Waals surface area (Å²) in [5.74, 6) is 0. The van der Waals surface area contributed by atoms with E-state index in [0.29, 0.717) is 17.7 Å². The van der Waals surface area contributed by atoms with Crippen molar-refractivity contribution >= 4 is 25.5 Å². The minimum absolute atomic E-state index is 0.290. The Morgan fingerprint density at radius 3 is 1.96 bits per heavy atom. The van der Waals surface area contributed by atoms with Crippen molar-refractivity contribution in [2.45, 2.75) is 27.8 Å². The minimum Gasteiger partial charge on any atom is -0.399 e. The highest BCUT2D eigenvalue weighted by molar-refractivity contribution is 7.93. The van der Waals surface area contributed by atoms with Gasteiger partial charge in [0.2, 0.25) is 19.9 Å². The second-order valence-electron chi connectivity index (χ2n) is 5.25. The van der Waals surface area contributed by atoms with E-state index in [-0.39, 0.29) is 5.69 Å². The van der Waals surface area contributed by atoms with Crippen LogP contribution in [0.4, 0.5) is 18.9 Å². The number of hydrogen-bond donors (Lipinski definition) is 2.